The molecule has 9 nitrogen and oxygen atoms in total. The SMILES string of the molecule is Cc1cccc2cccc(N3CCc4c(nc(OCC5CCN5C(C)(C)C)nc4N4CCN(C(=O)/C=C/CF)[C@@H](CC#N)C4)C3)c12. The molecule has 0 bridgehead atoms. The van der Waals surface area contributed by atoms with Gasteiger partial charge in [0.1, 0.15) is 19.1 Å². The van der Waals surface area contributed by atoms with Crippen molar-refractivity contribution < 1.29 is 13.9 Å². The van der Waals surface area contributed by atoms with Crippen LogP contribution in [0.1, 0.15) is 50.4 Å². The molecule has 1 amide bonds. The lowest BCUT2D eigenvalue weighted by Gasteiger charge is -2.49. The number of hydrogen-bond donors (Lipinski definition) is 0. The Kier molecular flexibility index (Phi) is 9.14. The quantitative estimate of drug-likeness (QED) is 0.316. The van der Waals surface area contributed by atoms with Crippen molar-refractivity contribution in [1.29, 1.82) is 5.26 Å². The monoisotopic (exact) mass is 625 g/mol. The Hall–Kier alpha value is -4.23. The Labute approximate surface area is 271 Å². The highest BCUT2D eigenvalue weighted by atomic mass is 19.1. The van der Waals surface area contributed by atoms with Gasteiger partial charge in [0, 0.05) is 67.0 Å². The fourth-order valence-electron chi connectivity index (χ4n) is 7.22. The van der Waals surface area contributed by atoms with Crippen LogP contribution < -0.4 is 14.5 Å². The Bertz CT molecular complexity index is 1660. The van der Waals surface area contributed by atoms with Gasteiger partial charge in [-0.3, -0.25) is 9.69 Å². The molecule has 242 valence electrons. The summed E-state index contributed by atoms with van der Waals surface area (Å²) >= 11 is 0. The number of allylic oxidation sites excluding steroid dienone is 1. The summed E-state index contributed by atoms with van der Waals surface area (Å²) in [7, 11) is 0. The molecule has 0 spiro atoms. The van der Waals surface area contributed by atoms with Gasteiger partial charge in [0.2, 0.25) is 5.91 Å². The molecule has 0 saturated carbocycles. The zero-order valence-corrected chi connectivity index (χ0v) is 27.4. The molecule has 0 radical (unpaired) electrons. The van der Waals surface area contributed by atoms with Crippen LogP contribution in [0.15, 0.2) is 48.6 Å². The number of fused-ring (bicyclic) bond motifs is 2. The first-order chi connectivity index (χ1) is 22.2. The number of likely N-dealkylation sites (tertiary alicyclic amines) is 1. The van der Waals surface area contributed by atoms with Crippen LogP contribution in [0.2, 0.25) is 0 Å². The van der Waals surface area contributed by atoms with Gasteiger partial charge in [-0.25, -0.2) is 4.39 Å². The van der Waals surface area contributed by atoms with E-state index >= 15 is 0 Å². The van der Waals surface area contributed by atoms with E-state index in [0.717, 1.165) is 43.0 Å². The fourth-order valence-corrected chi connectivity index (χ4v) is 7.22. The minimum Gasteiger partial charge on any atom is -0.462 e. The van der Waals surface area contributed by atoms with Crippen molar-refractivity contribution in [1.82, 2.24) is 19.8 Å². The lowest BCUT2D eigenvalue weighted by molar-refractivity contribution is -0.128. The second-order valence-electron chi connectivity index (χ2n) is 13.5. The van der Waals surface area contributed by atoms with Crippen molar-refractivity contribution in [2.24, 2.45) is 0 Å². The lowest BCUT2D eigenvalue weighted by atomic mass is 9.94. The number of nitriles is 1. The van der Waals surface area contributed by atoms with E-state index in [9.17, 15) is 14.4 Å². The number of rotatable bonds is 8. The number of hydrogen-bond acceptors (Lipinski definition) is 8. The maximum Gasteiger partial charge on any atom is 0.318 e. The number of anilines is 2. The first-order valence-electron chi connectivity index (χ1n) is 16.4. The van der Waals surface area contributed by atoms with Crippen LogP contribution in [-0.4, -0.2) is 89.3 Å². The highest BCUT2D eigenvalue weighted by Gasteiger charge is 2.37. The van der Waals surface area contributed by atoms with Gasteiger partial charge in [-0.15, -0.1) is 0 Å². The molecule has 10 heteroatoms. The van der Waals surface area contributed by atoms with E-state index in [-0.39, 0.29) is 23.9 Å². The second kappa shape index (κ2) is 13.2. The van der Waals surface area contributed by atoms with E-state index in [0.29, 0.717) is 44.8 Å². The second-order valence-corrected chi connectivity index (χ2v) is 13.5. The molecule has 2 atom stereocenters. The summed E-state index contributed by atoms with van der Waals surface area (Å²) in [4.78, 5) is 31.6. The average molecular weight is 626 g/mol. The Morgan fingerprint density at radius 1 is 1.09 bits per heavy atom. The van der Waals surface area contributed by atoms with Crippen LogP contribution in [0.4, 0.5) is 15.9 Å². The molecule has 1 unspecified atom stereocenters. The highest BCUT2D eigenvalue weighted by molar-refractivity contribution is 5.97. The van der Waals surface area contributed by atoms with Gasteiger partial charge < -0.3 is 19.4 Å². The van der Waals surface area contributed by atoms with Gasteiger partial charge in [-0.05, 0) is 63.6 Å². The normalized spacial score (nSPS) is 20.5. The Morgan fingerprint density at radius 3 is 2.61 bits per heavy atom. The molecule has 6 rings (SSSR count). The summed E-state index contributed by atoms with van der Waals surface area (Å²) in [6.07, 6.45) is 4.50. The summed E-state index contributed by atoms with van der Waals surface area (Å²) in [5, 5.41) is 12.1. The van der Waals surface area contributed by atoms with Crippen molar-refractivity contribution in [3.05, 3.63) is 65.4 Å². The van der Waals surface area contributed by atoms with Crippen LogP contribution in [0.3, 0.4) is 0 Å². The number of nitrogens with zero attached hydrogens (tertiary/aromatic N) is 7. The summed E-state index contributed by atoms with van der Waals surface area (Å²) < 4.78 is 19.1. The molecule has 0 N–H and O–H groups in total. The maximum absolute atomic E-state index is 12.8. The summed E-state index contributed by atoms with van der Waals surface area (Å²) in [5.41, 5.74) is 4.54. The predicted molar refractivity (Wildman–Crippen MR) is 179 cm³/mol. The fraction of sp³-hybridized carbons (Fsp3) is 0.500. The number of benzene rings is 2. The third-order valence-electron chi connectivity index (χ3n) is 9.61. The van der Waals surface area contributed by atoms with Gasteiger partial charge in [0.25, 0.3) is 0 Å². The van der Waals surface area contributed by atoms with Gasteiger partial charge in [-0.2, -0.15) is 15.2 Å². The first kappa shape index (κ1) is 31.7. The Balaban J connectivity index is 1.32. The molecule has 0 aliphatic carbocycles. The molecule has 3 aliphatic rings. The average Bonchev–Trinajstić information content (AvgIpc) is 3.01. The molecule has 4 heterocycles. The number of ether oxygens (including phenoxy) is 1. The van der Waals surface area contributed by atoms with E-state index < -0.39 is 6.67 Å². The number of carbonyl (C=O) groups is 1. The van der Waals surface area contributed by atoms with Gasteiger partial charge in [0.15, 0.2) is 0 Å². The van der Waals surface area contributed by atoms with Gasteiger partial charge in [0.05, 0.1) is 30.8 Å². The molecule has 1 aromatic heterocycles. The molecule has 2 fully saturated rings. The molecule has 3 aliphatic heterocycles. The van der Waals surface area contributed by atoms with Crippen LogP contribution in [-0.2, 0) is 17.8 Å². The van der Waals surface area contributed by atoms with Crippen molar-refractivity contribution in [3.8, 4) is 12.1 Å². The van der Waals surface area contributed by atoms with Crippen molar-refractivity contribution in [2.75, 3.05) is 55.8 Å². The van der Waals surface area contributed by atoms with E-state index in [2.05, 4.69) is 84.9 Å². The van der Waals surface area contributed by atoms with Gasteiger partial charge >= 0.3 is 6.01 Å². The Morgan fingerprint density at radius 2 is 1.89 bits per heavy atom. The molecule has 3 aromatic rings. The predicted octanol–water partition coefficient (Wildman–Crippen LogP) is 5.21. The topological polar surface area (TPSA) is 88.8 Å². The molecular formula is C36H44FN7O2. The molecular weight excluding hydrogens is 581 g/mol. The molecule has 2 aromatic carbocycles. The van der Waals surface area contributed by atoms with Crippen LogP contribution in [0.25, 0.3) is 10.8 Å². The summed E-state index contributed by atoms with van der Waals surface area (Å²) in [6.45, 7) is 12.6. The summed E-state index contributed by atoms with van der Waals surface area (Å²) in [6, 6.07) is 15.5. The van der Waals surface area contributed by atoms with Crippen LogP contribution in [0, 0.1) is 18.3 Å². The number of aromatic nitrogens is 2. The first-order valence-corrected chi connectivity index (χ1v) is 16.4. The number of aryl methyl sites for hydroxylation is 1. The van der Waals surface area contributed by atoms with Crippen LogP contribution >= 0.6 is 0 Å². The maximum atomic E-state index is 12.8. The summed E-state index contributed by atoms with van der Waals surface area (Å²) in [5.74, 6) is 0.556. The smallest absolute Gasteiger partial charge is 0.318 e. The molecule has 46 heavy (non-hydrogen) atoms. The zero-order chi connectivity index (χ0) is 32.4. The van der Waals surface area contributed by atoms with E-state index in [1.165, 1.54) is 34.2 Å². The third-order valence-corrected chi connectivity index (χ3v) is 9.61. The van der Waals surface area contributed by atoms with E-state index in [1.807, 2.05) is 0 Å². The van der Waals surface area contributed by atoms with Crippen molar-refractivity contribution >= 4 is 28.2 Å². The van der Waals surface area contributed by atoms with E-state index in [4.69, 9.17) is 14.7 Å². The largest absolute Gasteiger partial charge is 0.462 e. The standard InChI is InChI=1S/C36H44FN7O2/c1-25-8-5-9-26-10-6-11-31(33(25)26)41-18-15-29-30(23-41)39-35(46-24-28-14-19-44(28)36(2,3)4)40-34(29)42-20-21-43(27(22-42)13-17-38)32(45)12-7-16-37/h5-12,27-28H,13-16,18-24H2,1-4H3/b12-7+/t27-,28?/m0/s1. The highest BCUT2D eigenvalue weighted by Crippen LogP contribution is 2.36. The van der Waals surface area contributed by atoms with Crippen LogP contribution in [0.5, 0.6) is 6.01 Å². The lowest BCUT2D eigenvalue weighted by Crippen LogP contribution is -2.59. The molecule has 2 saturated heterocycles. The number of amides is 1. The van der Waals surface area contributed by atoms with E-state index in [1.54, 1.807) is 4.90 Å². The number of alkyl halides is 1. The number of piperazine rings is 1. The van der Waals surface area contributed by atoms with Gasteiger partial charge in [-0.1, -0.05) is 30.3 Å². The number of halogens is 1. The minimum absolute atomic E-state index is 0.0670. The number of carbonyl (C=O) groups excluding carboxylic acids is 1. The zero-order valence-electron chi connectivity index (χ0n) is 27.4. The van der Waals surface area contributed by atoms with Crippen molar-refractivity contribution in [3.63, 3.8) is 0 Å². The minimum atomic E-state index is -0.700. The third kappa shape index (κ3) is 6.38. The van der Waals surface area contributed by atoms with Crippen molar-refractivity contribution in [2.45, 2.75) is 71.1 Å².